The molecule has 0 rings (SSSR count). The fourth-order valence-electron chi connectivity index (χ4n) is 0.852. The average molecular weight is 232 g/mol. The minimum atomic E-state index is -1.02. The summed E-state index contributed by atoms with van der Waals surface area (Å²) in [4.78, 5) is 22.7. The molecule has 94 valence electrons. The van der Waals surface area contributed by atoms with Gasteiger partial charge in [0.15, 0.2) is 0 Å². The quantitative estimate of drug-likeness (QED) is 0.548. The third-order valence-corrected chi connectivity index (χ3v) is 1.65. The maximum atomic E-state index is 11.5. The van der Waals surface area contributed by atoms with Gasteiger partial charge in [-0.25, -0.2) is 4.79 Å². The molecule has 6 heteroatoms. The first-order valence-corrected chi connectivity index (χ1v) is 5.07. The predicted octanol–water partition coefficient (Wildman–Crippen LogP) is -0.848. The summed E-state index contributed by atoms with van der Waals surface area (Å²) in [6, 6.07) is -1.81. The predicted molar refractivity (Wildman–Crippen MR) is 58.5 cm³/mol. The summed E-state index contributed by atoms with van der Waals surface area (Å²) in [6.07, 6.45) is 0. The first-order valence-electron chi connectivity index (χ1n) is 5.07. The lowest BCUT2D eigenvalue weighted by Crippen LogP contribution is -2.49. The molecule has 1 amide bonds. The molecule has 0 aromatic rings. The van der Waals surface area contributed by atoms with E-state index >= 15 is 0 Å². The standard InChI is InChI=1S/C10H20N2O4/c1-6(9(15)16-10(2,3)4)12-8(14)7(11)5-13/h6-7,13H,5,11H2,1-4H3,(H,12,14)/t6-,7-/m0/s1. The van der Waals surface area contributed by atoms with Gasteiger partial charge in [0.25, 0.3) is 0 Å². The molecule has 0 bridgehead atoms. The van der Waals surface area contributed by atoms with Crippen LogP contribution in [0.3, 0.4) is 0 Å². The minimum absolute atomic E-state index is 0.465. The Kier molecular flexibility index (Phi) is 5.40. The summed E-state index contributed by atoms with van der Waals surface area (Å²) < 4.78 is 5.06. The second kappa shape index (κ2) is 5.81. The van der Waals surface area contributed by atoms with Crippen LogP contribution in [0.15, 0.2) is 0 Å². The Labute approximate surface area is 95.1 Å². The highest BCUT2D eigenvalue weighted by Gasteiger charge is 2.24. The van der Waals surface area contributed by atoms with Crippen molar-refractivity contribution in [2.45, 2.75) is 45.4 Å². The molecule has 0 aliphatic rings. The normalized spacial score (nSPS) is 15.1. The molecule has 0 radical (unpaired) electrons. The molecule has 0 aliphatic heterocycles. The molecule has 0 saturated carbocycles. The smallest absolute Gasteiger partial charge is 0.328 e. The average Bonchev–Trinajstić information content (AvgIpc) is 2.13. The second-order valence-corrected chi connectivity index (χ2v) is 4.55. The topological polar surface area (TPSA) is 102 Å². The number of ether oxygens (including phenoxy) is 1. The zero-order chi connectivity index (χ0) is 12.9. The Morgan fingerprint density at radius 1 is 1.44 bits per heavy atom. The van der Waals surface area contributed by atoms with Crippen molar-refractivity contribution in [2.24, 2.45) is 5.73 Å². The van der Waals surface area contributed by atoms with Crippen molar-refractivity contribution in [3.05, 3.63) is 0 Å². The lowest BCUT2D eigenvalue weighted by Gasteiger charge is -2.23. The number of aliphatic hydroxyl groups is 1. The van der Waals surface area contributed by atoms with Crippen molar-refractivity contribution in [1.82, 2.24) is 5.32 Å². The molecule has 4 N–H and O–H groups in total. The summed E-state index contributed by atoms with van der Waals surface area (Å²) in [5, 5.41) is 11.0. The molecule has 0 spiro atoms. The van der Waals surface area contributed by atoms with Gasteiger partial charge >= 0.3 is 5.97 Å². The second-order valence-electron chi connectivity index (χ2n) is 4.55. The minimum Gasteiger partial charge on any atom is -0.458 e. The molecule has 0 aromatic carbocycles. The number of nitrogens with two attached hydrogens (primary N) is 1. The molecule has 0 unspecified atom stereocenters. The van der Waals surface area contributed by atoms with Crippen molar-refractivity contribution in [3.8, 4) is 0 Å². The highest BCUT2D eigenvalue weighted by Crippen LogP contribution is 2.08. The van der Waals surface area contributed by atoms with E-state index in [0.717, 1.165) is 0 Å². The SMILES string of the molecule is C[C@H](NC(=O)[C@@H](N)CO)C(=O)OC(C)(C)C. The van der Waals surface area contributed by atoms with Crippen molar-refractivity contribution in [2.75, 3.05) is 6.61 Å². The van der Waals surface area contributed by atoms with E-state index in [1.807, 2.05) is 0 Å². The van der Waals surface area contributed by atoms with Crippen LogP contribution in [0.2, 0.25) is 0 Å². The fourth-order valence-corrected chi connectivity index (χ4v) is 0.852. The van der Waals surface area contributed by atoms with Gasteiger partial charge in [0.2, 0.25) is 5.91 Å². The third-order valence-electron chi connectivity index (χ3n) is 1.65. The number of amides is 1. The molecular weight excluding hydrogens is 212 g/mol. The molecule has 0 fully saturated rings. The molecule has 16 heavy (non-hydrogen) atoms. The number of hydrogen-bond donors (Lipinski definition) is 3. The Morgan fingerprint density at radius 2 is 1.94 bits per heavy atom. The third kappa shape index (κ3) is 5.67. The Bertz CT molecular complexity index is 260. The van der Waals surface area contributed by atoms with Gasteiger partial charge in [-0.05, 0) is 27.7 Å². The van der Waals surface area contributed by atoms with E-state index in [1.165, 1.54) is 6.92 Å². The van der Waals surface area contributed by atoms with Gasteiger partial charge in [0.1, 0.15) is 17.7 Å². The number of hydrogen-bond acceptors (Lipinski definition) is 5. The largest absolute Gasteiger partial charge is 0.458 e. The summed E-state index contributed by atoms with van der Waals surface area (Å²) in [7, 11) is 0. The zero-order valence-corrected chi connectivity index (χ0v) is 10.1. The van der Waals surface area contributed by atoms with Crippen LogP contribution in [-0.4, -0.2) is 41.3 Å². The van der Waals surface area contributed by atoms with E-state index in [9.17, 15) is 9.59 Å². The van der Waals surface area contributed by atoms with Crippen molar-refractivity contribution < 1.29 is 19.4 Å². The highest BCUT2D eigenvalue weighted by atomic mass is 16.6. The van der Waals surface area contributed by atoms with Crippen LogP contribution in [0.4, 0.5) is 0 Å². The Hall–Kier alpha value is -1.14. The molecule has 6 nitrogen and oxygen atoms in total. The summed E-state index contributed by atoms with van der Waals surface area (Å²) >= 11 is 0. The number of aliphatic hydroxyl groups excluding tert-OH is 1. The number of carbonyl (C=O) groups is 2. The number of esters is 1. The van der Waals surface area contributed by atoms with E-state index in [-0.39, 0.29) is 0 Å². The van der Waals surface area contributed by atoms with Gasteiger partial charge in [-0.1, -0.05) is 0 Å². The van der Waals surface area contributed by atoms with Crippen LogP contribution in [-0.2, 0) is 14.3 Å². The van der Waals surface area contributed by atoms with Crippen LogP contribution in [0.5, 0.6) is 0 Å². The van der Waals surface area contributed by atoms with Crippen molar-refractivity contribution >= 4 is 11.9 Å². The van der Waals surface area contributed by atoms with Gasteiger partial charge in [0.05, 0.1) is 6.61 Å². The molecular formula is C10H20N2O4. The van der Waals surface area contributed by atoms with Crippen LogP contribution in [0, 0.1) is 0 Å². The lowest BCUT2D eigenvalue weighted by molar-refractivity contribution is -0.158. The molecule has 0 aliphatic carbocycles. The molecule has 2 atom stereocenters. The molecule has 0 aromatic heterocycles. The first-order chi connectivity index (χ1) is 7.17. The van der Waals surface area contributed by atoms with Gasteiger partial charge in [-0.3, -0.25) is 4.79 Å². The maximum Gasteiger partial charge on any atom is 0.328 e. The van der Waals surface area contributed by atoms with Crippen molar-refractivity contribution in [1.29, 1.82) is 0 Å². The number of rotatable bonds is 4. The Morgan fingerprint density at radius 3 is 2.31 bits per heavy atom. The Balaban J connectivity index is 4.21. The lowest BCUT2D eigenvalue weighted by atomic mass is 10.2. The van der Waals surface area contributed by atoms with Crippen LogP contribution in [0.25, 0.3) is 0 Å². The van der Waals surface area contributed by atoms with Crippen LogP contribution < -0.4 is 11.1 Å². The van der Waals surface area contributed by atoms with E-state index in [4.69, 9.17) is 15.6 Å². The monoisotopic (exact) mass is 232 g/mol. The van der Waals surface area contributed by atoms with Crippen LogP contribution in [0.1, 0.15) is 27.7 Å². The number of nitrogens with one attached hydrogen (secondary N) is 1. The van der Waals surface area contributed by atoms with Gasteiger partial charge < -0.3 is 20.9 Å². The summed E-state index contributed by atoms with van der Waals surface area (Å²) in [5.74, 6) is -1.12. The van der Waals surface area contributed by atoms with E-state index < -0.39 is 36.2 Å². The first kappa shape index (κ1) is 14.9. The molecule has 0 saturated heterocycles. The van der Waals surface area contributed by atoms with E-state index in [1.54, 1.807) is 20.8 Å². The van der Waals surface area contributed by atoms with Crippen molar-refractivity contribution in [3.63, 3.8) is 0 Å². The van der Waals surface area contributed by atoms with Gasteiger partial charge in [-0.15, -0.1) is 0 Å². The van der Waals surface area contributed by atoms with Crippen LogP contribution >= 0.6 is 0 Å². The maximum absolute atomic E-state index is 11.5. The fraction of sp³-hybridized carbons (Fsp3) is 0.800. The summed E-state index contributed by atoms with van der Waals surface area (Å²) in [5.41, 5.74) is 4.68. The van der Waals surface area contributed by atoms with Gasteiger partial charge in [-0.2, -0.15) is 0 Å². The van der Waals surface area contributed by atoms with E-state index in [0.29, 0.717) is 0 Å². The zero-order valence-electron chi connectivity index (χ0n) is 10.1. The summed E-state index contributed by atoms with van der Waals surface area (Å²) in [6.45, 7) is 6.24. The van der Waals surface area contributed by atoms with E-state index in [2.05, 4.69) is 5.32 Å². The highest BCUT2D eigenvalue weighted by molar-refractivity contribution is 5.87. The number of carbonyl (C=O) groups excluding carboxylic acids is 2. The molecule has 0 heterocycles. The van der Waals surface area contributed by atoms with Gasteiger partial charge in [0, 0.05) is 0 Å².